The van der Waals surface area contributed by atoms with Crippen LogP contribution in [0.2, 0.25) is 5.02 Å². The van der Waals surface area contributed by atoms with Crippen molar-refractivity contribution >= 4 is 29.0 Å². The quantitative estimate of drug-likeness (QED) is 0.553. The average Bonchev–Trinajstić information content (AvgIpc) is 2.10. The van der Waals surface area contributed by atoms with Gasteiger partial charge in [-0.15, -0.1) is 11.6 Å². The fourth-order valence-electron chi connectivity index (χ4n) is 0.932. The molecule has 0 saturated carbocycles. The monoisotopic (exact) mass is 220 g/mol. The Balaban J connectivity index is 3.23. The zero-order chi connectivity index (χ0) is 10.0. The molecule has 0 atom stereocenters. The van der Waals surface area contributed by atoms with Gasteiger partial charge in [0, 0.05) is 5.56 Å². The third-order valence-electron chi connectivity index (χ3n) is 1.67. The normalized spacial score (nSPS) is 10.2. The van der Waals surface area contributed by atoms with Crippen molar-refractivity contribution in [1.29, 1.82) is 0 Å². The summed E-state index contributed by atoms with van der Waals surface area (Å²) < 4.78 is 13.0. The van der Waals surface area contributed by atoms with Crippen LogP contribution in [0.4, 0.5) is 4.39 Å². The number of hydrogen-bond acceptors (Lipinski definition) is 1. The lowest BCUT2D eigenvalue weighted by molar-refractivity contribution is 0.102. The van der Waals surface area contributed by atoms with Crippen LogP contribution in [-0.4, -0.2) is 11.7 Å². The minimum absolute atomic E-state index is 0.139. The maximum absolute atomic E-state index is 13.0. The first-order chi connectivity index (χ1) is 6.06. The number of ketones is 1. The summed E-state index contributed by atoms with van der Waals surface area (Å²) in [6.45, 7) is 1.58. The van der Waals surface area contributed by atoms with Crippen molar-refractivity contribution in [2.75, 3.05) is 5.88 Å². The van der Waals surface area contributed by atoms with E-state index in [-0.39, 0.29) is 22.2 Å². The van der Waals surface area contributed by atoms with E-state index < -0.39 is 5.82 Å². The van der Waals surface area contributed by atoms with Crippen LogP contribution in [-0.2, 0) is 0 Å². The number of Topliss-reactive ketones (excluding diaryl/α,β-unsaturated/α-hetero) is 1. The van der Waals surface area contributed by atoms with Crippen molar-refractivity contribution in [3.63, 3.8) is 0 Å². The molecule has 0 bridgehead atoms. The molecule has 70 valence electrons. The van der Waals surface area contributed by atoms with Crippen molar-refractivity contribution in [3.05, 3.63) is 34.1 Å². The van der Waals surface area contributed by atoms with E-state index in [0.717, 1.165) is 6.07 Å². The number of alkyl halides is 1. The summed E-state index contributed by atoms with van der Waals surface area (Å²) in [5.74, 6) is -1.01. The van der Waals surface area contributed by atoms with E-state index in [1.54, 1.807) is 6.92 Å². The van der Waals surface area contributed by atoms with Gasteiger partial charge in [0.1, 0.15) is 5.82 Å². The molecule has 0 aliphatic heterocycles. The Bertz CT molecular complexity index is 350. The number of hydrogen-bond donors (Lipinski definition) is 0. The predicted octanol–water partition coefficient (Wildman–Crippen LogP) is 3.21. The number of aryl methyl sites for hydroxylation is 1. The summed E-state index contributed by atoms with van der Waals surface area (Å²) in [4.78, 5) is 11.1. The van der Waals surface area contributed by atoms with Gasteiger partial charge in [0.15, 0.2) is 5.78 Å². The second-order valence-electron chi connectivity index (χ2n) is 2.64. The smallest absolute Gasteiger partial charge is 0.179 e. The minimum Gasteiger partial charge on any atom is -0.293 e. The maximum atomic E-state index is 13.0. The van der Waals surface area contributed by atoms with E-state index in [1.165, 1.54) is 6.07 Å². The van der Waals surface area contributed by atoms with Crippen LogP contribution in [0.15, 0.2) is 12.1 Å². The van der Waals surface area contributed by atoms with Crippen molar-refractivity contribution in [1.82, 2.24) is 0 Å². The molecule has 0 spiro atoms. The Morgan fingerprint density at radius 1 is 1.54 bits per heavy atom. The minimum atomic E-state index is -0.446. The molecule has 1 aromatic rings. The van der Waals surface area contributed by atoms with Gasteiger partial charge in [0.2, 0.25) is 0 Å². The van der Waals surface area contributed by atoms with Gasteiger partial charge in [-0.3, -0.25) is 4.79 Å². The van der Waals surface area contributed by atoms with E-state index in [1.807, 2.05) is 0 Å². The Hall–Kier alpha value is -0.600. The van der Waals surface area contributed by atoms with Gasteiger partial charge < -0.3 is 0 Å². The zero-order valence-corrected chi connectivity index (χ0v) is 8.42. The van der Waals surface area contributed by atoms with Crippen LogP contribution in [0.5, 0.6) is 0 Å². The topological polar surface area (TPSA) is 17.1 Å². The van der Waals surface area contributed by atoms with Gasteiger partial charge in [0.05, 0.1) is 10.9 Å². The van der Waals surface area contributed by atoms with E-state index in [4.69, 9.17) is 23.2 Å². The summed E-state index contributed by atoms with van der Waals surface area (Å²) in [5.41, 5.74) is 0.552. The lowest BCUT2D eigenvalue weighted by atomic mass is 10.1. The number of rotatable bonds is 2. The van der Waals surface area contributed by atoms with Gasteiger partial charge in [-0.05, 0) is 24.6 Å². The van der Waals surface area contributed by atoms with E-state index >= 15 is 0 Å². The molecule has 0 amide bonds. The summed E-state index contributed by atoms with van der Waals surface area (Å²) in [5, 5.41) is 0.240. The van der Waals surface area contributed by atoms with Crippen LogP contribution in [0.3, 0.4) is 0 Å². The number of benzene rings is 1. The summed E-state index contributed by atoms with van der Waals surface area (Å²) in [7, 11) is 0. The molecule has 0 saturated heterocycles. The third kappa shape index (κ3) is 2.20. The molecular weight excluding hydrogens is 214 g/mol. The van der Waals surface area contributed by atoms with E-state index in [0.29, 0.717) is 5.56 Å². The van der Waals surface area contributed by atoms with Crippen molar-refractivity contribution in [2.45, 2.75) is 6.92 Å². The van der Waals surface area contributed by atoms with Crippen LogP contribution in [0, 0.1) is 12.7 Å². The third-order valence-corrected chi connectivity index (χ3v) is 2.23. The van der Waals surface area contributed by atoms with Gasteiger partial charge in [-0.2, -0.15) is 0 Å². The Morgan fingerprint density at radius 2 is 2.15 bits per heavy atom. The van der Waals surface area contributed by atoms with Crippen molar-refractivity contribution in [2.24, 2.45) is 0 Å². The average molecular weight is 221 g/mol. The molecule has 0 heterocycles. The summed E-state index contributed by atoms with van der Waals surface area (Å²) in [6.07, 6.45) is 0. The van der Waals surface area contributed by atoms with E-state index in [2.05, 4.69) is 0 Å². The Labute approximate surface area is 85.5 Å². The molecule has 1 nitrogen and oxygen atoms in total. The molecule has 0 radical (unpaired) electrons. The van der Waals surface area contributed by atoms with E-state index in [9.17, 15) is 9.18 Å². The molecular formula is C9H7Cl2FO. The summed E-state index contributed by atoms with van der Waals surface area (Å²) in [6, 6.07) is 2.53. The maximum Gasteiger partial charge on any atom is 0.179 e. The highest BCUT2D eigenvalue weighted by atomic mass is 35.5. The number of halogens is 3. The molecule has 0 fully saturated rings. The first-order valence-electron chi connectivity index (χ1n) is 3.61. The van der Waals surface area contributed by atoms with Crippen LogP contribution in [0.25, 0.3) is 0 Å². The highest BCUT2D eigenvalue weighted by Gasteiger charge is 2.11. The Kier molecular flexibility index (Phi) is 3.28. The van der Waals surface area contributed by atoms with Crippen LogP contribution in [0.1, 0.15) is 15.9 Å². The molecule has 13 heavy (non-hydrogen) atoms. The van der Waals surface area contributed by atoms with Gasteiger partial charge in [0.25, 0.3) is 0 Å². The standard InChI is InChI=1S/C9H7Cl2FO/c1-5-2-7(11)6(3-8(5)12)9(13)4-10/h2-3H,4H2,1H3. The number of carbonyl (C=O) groups excluding carboxylic acids is 1. The molecule has 0 aliphatic carbocycles. The Morgan fingerprint density at radius 3 is 2.69 bits per heavy atom. The molecule has 1 rings (SSSR count). The highest BCUT2D eigenvalue weighted by Crippen LogP contribution is 2.21. The van der Waals surface area contributed by atoms with Crippen LogP contribution >= 0.6 is 23.2 Å². The molecule has 4 heteroatoms. The summed E-state index contributed by atoms with van der Waals surface area (Å²) >= 11 is 11.0. The van der Waals surface area contributed by atoms with Crippen LogP contribution < -0.4 is 0 Å². The first-order valence-corrected chi connectivity index (χ1v) is 4.52. The fourth-order valence-corrected chi connectivity index (χ4v) is 1.40. The molecule has 0 aliphatic rings. The molecule has 0 N–H and O–H groups in total. The fraction of sp³-hybridized carbons (Fsp3) is 0.222. The van der Waals surface area contributed by atoms with Crippen molar-refractivity contribution < 1.29 is 9.18 Å². The lowest BCUT2D eigenvalue weighted by Gasteiger charge is -2.03. The van der Waals surface area contributed by atoms with Crippen molar-refractivity contribution in [3.8, 4) is 0 Å². The van der Waals surface area contributed by atoms with Gasteiger partial charge in [-0.1, -0.05) is 11.6 Å². The second-order valence-corrected chi connectivity index (χ2v) is 3.31. The van der Waals surface area contributed by atoms with Gasteiger partial charge in [-0.25, -0.2) is 4.39 Å². The molecule has 0 aromatic heterocycles. The van der Waals surface area contributed by atoms with Gasteiger partial charge >= 0.3 is 0 Å². The predicted molar refractivity (Wildman–Crippen MR) is 51.2 cm³/mol. The zero-order valence-electron chi connectivity index (χ0n) is 6.90. The highest BCUT2D eigenvalue weighted by molar-refractivity contribution is 6.37. The largest absolute Gasteiger partial charge is 0.293 e. The molecule has 0 unspecified atom stereocenters. The number of carbonyl (C=O) groups is 1. The molecule has 1 aromatic carbocycles. The second kappa shape index (κ2) is 4.07. The first kappa shape index (κ1) is 10.5. The lowest BCUT2D eigenvalue weighted by Crippen LogP contribution is -2.02. The SMILES string of the molecule is Cc1cc(Cl)c(C(=O)CCl)cc1F.